The zero-order valence-electron chi connectivity index (χ0n) is 17.5. The number of fused-ring (bicyclic) bond motifs is 2. The van der Waals surface area contributed by atoms with Gasteiger partial charge in [-0.15, -0.1) is 0 Å². The third-order valence-corrected chi connectivity index (χ3v) is 5.66. The number of rotatable bonds is 4. The maximum atomic E-state index is 12.5. The molecule has 0 saturated heterocycles. The zero-order valence-corrected chi connectivity index (χ0v) is 17.5. The first-order valence-corrected chi connectivity index (χ1v) is 10.3. The van der Waals surface area contributed by atoms with E-state index in [0.29, 0.717) is 5.56 Å². The molecule has 156 valence electrons. The predicted molar refractivity (Wildman–Crippen MR) is 130 cm³/mol. The number of anilines is 2. The van der Waals surface area contributed by atoms with E-state index in [1.54, 1.807) is 6.07 Å². The fourth-order valence-electron chi connectivity index (χ4n) is 4.18. The number of carbonyl (C=O) groups excluding carboxylic acids is 1. The number of phenols is 1. The van der Waals surface area contributed by atoms with Crippen molar-refractivity contribution in [2.45, 2.75) is 0 Å². The van der Waals surface area contributed by atoms with Gasteiger partial charge in [-0.3, -0.25) is 0 Å². The monoisotopic (exact) mass is 419 g/mol. The highest BCUT2D eigenvalue weighted by molar-refractivity contribution is 6.15. The Bertz CT molecular complexity index is 1460. The van der Waals surface area contributed by atoms with E-state index in [9.17, 15) is 9.90 Å². The lowest BCUT2D eigenvalue weighted by molar-refractivity contribution is 0.0597. The molecule has 0 bridgehead atoms. The predicted octanol–water partition coefficient (Wildman–Crippen LogP) is 6.90. The average Bonchev–Trinajstić information content (AvgIpc) is 2.84. The first-order chi connectivity index (χ1) is 15.7. The van der Waals surface area contributed by atoms with E-state index in [1.165, 1.54) is 7.11 Å². The van der Waals surface area contributed by atoms with Gasteiger partial charge in [-0.1, -0.05) is 72.8 Å². The molecule has 2 N–H and O–H groups in total. The number of phenolic OH excluding ortho intramolecular Hbond substituents is 1. The molecule has 4 nitrogen and oxygen atoms in total. The second-order valence-corrected chi connectivity index (χ2v) is 7.56. The van der Waals surface area contributed by atoms with Crippen molar-refractivity contribution < 1.29 is 14.6 Å². The van der Waals surface area contributed by atoms with Gasteiger partial charge in [-0.05, 0) is 45.8 Å². The van der Waals surface area contributed by atoms with Gasteiger partial charge in [-0.25, -0.2) is 4.79 Å². The van der Waals surface area contributed by atoms with E-state index in [-0.39, 0.29) is 11.3 Å². The lowest BCUT2D eigenvalue weighted by atomic mass is 9.89. The molecule has 0 spiro atoms. The number of hydrogen-bond donors (Lipinski definition) is 2. The largest absolute Gasteiger partial charge is 0.506 e. The molecule has 5 aromatic rings. The van der Waals surface area contributed by atoms with Crippen LogP contribution in [-0.4, -0.2) is 18.2 Å². The van der Waals surface area contributed by atoms with E-state index in [1.807, 2.05) is 91.0 Å². The van der Waals surface area contributed by atoms with Crippen molar-refractivity contribution in [3.8, 4) is 16.9 Å². The first-order valence-electron chi connectivity index (χ1n) is 10.3. The van der Waals surface area contributed by atoms with E-state index < -0.39 is 5.97 Å². The molecule has 0 amide bonds. The molecule has 0 aliphatic heterocycles. The minimum atomic E-state index is -0.577. The number of benzene rings is 5. The van der Waals surface area contributed by atoms with Crippen molar-refractivity contribution in [2.24, 2.45) is 0 Å². The minimum absolute atomic E-state index is 0.0944. The molecular weight excluding hydrogens is 398 g/mol. The quantitative estimate of drug-likeness (QED) is 0.311. The number of para-hydroxylation sites is 1. The van der Waals surface area contributed by atoms with E-state index in [2.05, 4.69) is 5.32 Å². The molecule has 5 aromatic carbocycles. The fourth-order valence-corrected chi connectivity index (χ4v) is 4.18. The Morgan fingerprint density at radius 2 is 1.38 bits per heavy atom. The molecule has 0 aliphatic carbocycles. The summed E-state index contributed by atoms with van der Waals surface area (Å²) < 4.78 is 4.96. The molecule has 0 unspecified atom stereocenters. The number of hydrogen-bond acceptors (Lipinski definition) is 4. The Labute approximate surface area is 185 Å². The van der Waals surface area contributed by atoms with Crippen LogP contribution in [0.3, 0.4) is 0 Å². The Balaban J connectivity index is 1.89. The normalized spacial score (nSPS) is 10.9. The molecule has 0 aliphatic rings. The summed E-state index contributed by atoms with van der Waals surface area (Å²) in [6, 6.07) is 31.4. The number of aromatic hydroxyl groups is 1. The highest BCUT2D eigenvalue weighted by Gasteiger charge is 2.23. The molecule has 5 rings (SSSR count). The molecule has 0 saturated carbocycles. The van der Waals surface area contributed by atoms with Crippen LogP contribution in [-0.2, 0) is 4.74 Å². The van der Waals surface area contributed by atoms with Crippen LogP contribution in [0, 0.1) is 0 Å². The van der Waals surface area contributed by atoms with Crippen LogP contribution in [0.1, 0.15) is 10.4 Å². The summed E-state index contributed by atoms with van der Waals surface area (Å²) in [7, 11) is 1.32. The fraction of sp³-hybridized carbons (Fsp3) is 0.0357. The lowest BCUT2D eigenvalue weighted by Crippen LogP contribution is -2.03. The average molecular weight is 419 g/mol. The van der Waals surface area contributed by atoms with Crippen molar-refractivity contribution in [2.75, 3.05) is 12.4 Å². The van der Waals surface area contributed by atoms with Gasteiger partial charge >= 0.3 is 5.97 Å². The number of ether oxygens (including phenoxy) is 1. The lowest BCUT2D eigenvalue weighted by Gasteiger charge is -2.19. The number of methoxy groups -OCH3 is 1. The van der Waals surface area contributed by atoms with Crippen molar-refractivity contribution in [3.05, 3.63) is 103 Å². The molecule has 0 heterocycles. The van der Waals surface area contributed by atoms with Gasteiger partial charge < -0.3 is 15.2 Å². The summed E-state index contributed by atoms with van der Waals surface area (Å²) >= 11 is 0. The van der Waals surface area contributed by atoms with Crippen LogP contribution in [0.4, 0.5) is 11.4 Å². The Hall–Kier alpha value is -4.31. The molecule has 32 heavy (non-hydrogen) atoms. The second-order valence-electron chi connectivity index (χ2n) is 7.56. The smallest absolute Gasteiger partial charge is 0.341 e. The highest BCUT2D eigenvalue weighted by Crippen LogP contribution is 2.46. The summed E-state index contributed by atoms with van der Waals surface area (Å²) in [6.45, 7) is 0. The number of esters is 1. The first kappa shape index (κ1) is 19.6. The number of nitrogens with one attached hydrogen (secondary N) is 1. The number of carbonyl (C=O) groups is 1. The van der Waals surface area contributed by atoms with Crippen LogP contribution >= 0.6 is 0 Å². The molecule has 0 aromatic heterocycles. The van der Waals surface area contributed by atoms with Gasteiger partial charge in [0.1, 0.15) is 11.3 Å². The standard InChI is InChI=1S/C28H21NO3/c1-32-28(31)23-17-19-10-6-8-14-22(19)26(27(23)30)25-21-13-7-5-9-18(21)15-16-24(25)29-20-11-3-2-4-12-20/h2-17,29-30H,1H3. The topological polar surface area (TPSA) is 58.6 Å². The Kier molecular flexibility index (Phi) is 4.96. The van der Waals surface area contributed by atoms with E-state index in [4.69, 9.17) is 4.74 Å². The molecule has 0 fully saturated rings. The molecule has 4 heteroatoms. The van der Waals surface area contributed by atoms with Crippen LogP contribution in [0.2, 0.25) is 0 Å². The highest BCUT2D eigenvalue weighted by atomic mass is 16.5. The van der Waals surface area contributed by atoms with Crippen molar-refractivity contribution in [1.82, 2.24) is 0 Å². The molecule has 0 atom stereocenters. The van der Waals surface area contributed by atoms with Crippen LogP contribution in [0.25, 0.3) is 32.7 Å². The second kappa shape index (κ2) is 8.08. The minimum Gasteiger partial charge on any atom is -0.506 e. The zero-order chi connectivity index (χ0) is 22.1. The summed E-state index contributed by atoms with van der Waals surface area (Å²) in [4.78, 5) is 12.5. The third kappa shape index (κ3) is 3.32. The van der Waals surface area contributed by atoms with Gasteiger partial charge in [0.15, 0.2) is 0 Å². The SMILES string of the molecule is COC(=O)c1cc2ccccc2c(-c2c(Nc3ccccc3)ccc3ccccc23)c1O. The van der Waals surface area contributed by atoms with Gasteiger partial charge in [0.05, 0.1) is 7.11 Å². The van der Waals surface area contributed by atoms with Crippen LogP contribution < -0.4 is 5.32 Å². The van der Waals surface area contributed by atoms with E-state index in [0.717, 1.165) is 38.5 Å². The van der Waals surface area contributed by atoms with Crippen molar-refractivity contribution in [1.29, 1.82) is 0 Å². The Morgan fingerprint density at radius 3 is 2.09 bits per heavy atom. The molecular formula is C28H21NO3. The summed E-state index contributed by atoms with van der Waals surface area (Å²) in [5, 5.41) is 18.6. The summed E-state index contributed by atoms with van der Waals surface area (Å²) in [5.74, 6) is -0.671. The van der Waals surface area contributed by atoms with Crippen LogP contribution in [0.15, 0.2) is 97.1 Å². The van der Waals surface area contributed by atoms with Crippen molar-refractivity contribution >= 4 is 38.9 Å². The van der Waals surface area contributed by atoms with Crippen LogP contribution in [0.5, 0.6) is 5.75 Å². The molecule has 0 radical (unpaired) electrons. The Morgan fingerprint density at radius 1 is 0.750 bits per heavy atom. The maximum absolute atomic E-state index is 12.5. The summed E-state index contributed by atoms with van der Waals surface area (Å²) in [6.07, 6.45) is 0. The maximum Gasteiger partial charge on any atom is 0.341 e. The van der Waals surface area contributed by atoms with Gasteiger partial charge in [0.2, 0.25) is 0 Å². The van der Waals surface area contributed by atoms with E-state index >= 15 is 0 Å². The third-order valence-electron chi connectivity index (χ3n) is 5.66. The summed E-state index contributed by atoms with van der Waals surface area (Å²) in [5.41, 5.74) is 3.32. The van der Waals surface area contributed by atoms with Gasteiger partial charge in [-0.2, -0.15) is 0 Å². The van der Waals surface area contributed by atoms with Gasteiger partial charge in [0.25, 0.3) is 0 Å². The van der Waals surface area contributed by atoms with Crippen molar-refractivity contribution in [3.63, 3.8) is 0 Å². The van der Waals surface area contributed by atoms with Gasteiger partial charge in [0, 0.05) is 22.5 Å².